The van der Waals surface area contributed by atoms with Gasteiger partial charge in [0.2, 0.25) is 5.91 Å². The van der Waals surface area contributed by atoms with Gasteiger partial charge in [-0.15, -0.1) is 0 Å². The molecule has 1 amide bonds. The van der Waals surface area contributed by atoms with Crippen molar-refractivity contribution < 1.29 is 4.79 Å². The highest BCUT2D eigenvalue weighted by atomic mass is 16.1. The van der Waals surface area contributed by atoms with Crippen LogP contribution in [0.5, 0.6) is 0 Å². The first kappa shape index (κ1) is 13.6. The fraction of sp³-hybridized carbons (Fsp3) is 0.889. The molecule has 0 aromatic rings. The molecule has 1 N–H and O–H groups in total. The van der Waals surface area contributed by atoms with Crippen molar-refractivity contribution in [1.29, 1.82) is 5.26 Å². The Labute approximate surface area is 127 Å². The van der Waals surface area contributed by atoms with Crippen molar-refractivity contribution in [1.82, 2.24) is 5.32 Å². The third-order valence-electron chi connectivity index (χ3n) is 6.75. The minimum absolute atomic E-state index is 0.153. The van der Waals surface area contributed by atoms with E-state index in [0.717, 1.165) is 43.4 Å². The van der Waals surface area contributed by atoms with Crippen LogP contribution in [0, 0.1) is 34.5 Å². The van der Waals surface area contributed by atoms with Gasteiger partial charge in [0, 0.05) is 6.42 Å². The molecule has 0 radical (unpaired) electrons. The molecule has 5 fully saturated rings. The van der Waals surface area contributed by atoms with E-state index in [1.807, 2.05) is 0 Å². The van der Waals surface area contributed by atoms with Crippen molar-refractivity contribution in [2.75, 3.05) is 0 Å². The van der Waals surface area contributed by atoms with Crippen LogP contribution < -0.4 is 5.32 Å². The third-order valence-corrected chi connectivity index (χ3v) is 6.75. The van der Waals surface area contributed by atoms with Gasteiger partial charge in [-0.1, -0.05) is 0 Å². The number of amides is 1. The SMILES string of the molecule is N#CC1(NC(=O)CC23CC4CC(CC(C4)C2)C3)CCCC1. The molecular formula is C18H26N2O. The number of carbonyl (C=O) groups excluding carboxylic acids is 1. The number of nitrogens with zero attached hydrogens (tertiary/aromatic N) is 1. The molecule has 0 saturated heterocycles. The Morgan fingerprint density at radius 2 is 1.57 bits per heavy atom. The van der Waals surface area contributed by atoms with Gasteiger partial charge in [-0.25, -0.2) is 0 Å². The van der Waals surface area contributed by atoms with E-state index in [-0.39, 0.29) is 11.3 Å². The van der Waals surface area contributed by atoms with Gasteiger partial charge in [-0.2, -0.15) is 5.26 Å². The first-order chi connectivity index (χ1) is 10.1. The molecule has 0 spiro atoms. The predicted octanol–water partition coefficient (Wildman–Crippen LogP) is 3.55. The van der Waals surface area contributed by atoms with Crippen LogP contribution in [-0.4, -0.2) is 11.4 Å². The second kappa shape index (κ2) is 4.73. The van der Waals surface area contributed by atoms with Crippen LogP contribution >= 0.6 is 0 Å². The van der Waals surface area contributed by atoms with Crippen molar-refractivity contribution >= 4 is 5.91 Å². The Morgan fingerprint density at radius 3 is 2.05 bits per heavy atom. The lowest BCUT2D eigenvalue weighted by Crippen LogP contribution is -2.51. The van der Waals surface area contributed by atoms with Gasteiger partial charge in [-0.05, 0) is 87.4 Å². The van der Waals surface area contributed by atoms with E-state index in [9.17, 15) is 10.1 Å². The lowest BCUT2D eigenvalue weighted by molar-refractivity contribution is -0.130. The normalized spacial score (nSPS) is 42.7. The maximum absolute atomic E-state index is 12.6. The molecule has 0 atom stereocenters. The van der Waals surface area contributed by atoms with Crippen molar-refractivity contribution in [3.05, 3.63) is 0 Å². The van der Waals surface area contributed by atoms with Gasteiger partial charge in [-0.3, -0.25) is 4.79 Å². The molecule has 3 heteroatoms. The number of carbonyl (C=O) groups is 1. The summed E-state index contributed by atoms with van der Waals surface area (Å²) in [5.41, 5.74) is -0.256. The van der Waals surface area contributed by atoms with E-state index >= 15 is 0 Å². The first-order valence-corrected chi connectivity index (χ1v) is 8.83. The Hall–Kier alpha value is -1.04. The fourth-order valence-corrected chi connectivity index (χ4v) is 6.40. The summed E-state index contributed by atoms with van der Waals surface area (Å²) in [6.07, 6.45) is 12.6. The summed E-state index contributed by atoms with van der Waals surface area (Å²) in [4.78, 5) is 12.6. The molecular weight excluding hydrogens is 260 g/mol. The van der Waals surface area contributed by atoms with E-state index in [2.05, 4.69) is 11.4 Å². The Morgan fingerprint density at radius 1 is 1.05 bits per heavy atom. The molecule has 0 heterocycles. The van der Waals surface area contributed by atoms with E-state index < -0.39 is 5.54 Å². The molecule has 0 aromatic heterocycles. The smallest absolute Gasteiger partial charge is 0.221 e. The molecule has 4 bridgehead atoms. The van der Waals surface area contributed by atoms with Crippen LogP contribution in [0.2, 0.25) is 0 Å². The largest absolute Gasteiger partial charge is 0.338 e. The molecule has 3 nitrogen and oxygen atoms in total. The second-order valence-corrected chi connectivity index (χ2v) is 8.54. The number of nitriles is 1. The summed E-state index contributed by atoms with van der Waals surface area (Å²) < 4.78 is 0. The van der Waals surface area contributed by atoms with Crippen molar-refractivity contribution in [3.8, 4) is 6.07 Å². The summed E-state index contributed by atoms with van der Waals surface area (Å²) in [6.45, 7) is 0. The molecule has 0 aliphatic heterocycles. The predicted molar refractivity (Wildman–Crippen MR) is 80.2 cm³/mol. The zero-order valence-corrected chi connectivity index (χ0v) is 12.9. The second-order valence-electron chi connectivity index (χ2n) is 8.54. The summed E-state index contributed by atoms with van der Waals surface area (Å²) in [5, 5.41) is 12.5. The lowest BCUT2D eigenvalue weighted by atomic mass is 9.49. The molecule has 114 valence electrons. The summed E-state index contributed by atoms with van der Waals surface area (Å²) in [6, 6.07) is 2.38. The number of hydrogen-bond donors (Lipinski definition) is 1. The Kier molecular flexibility index (Phi) is 3.07. The summed E-state index contributed by atoms with van der Waals surface area (Å²) in [5.74, 6) is 2.82. The van der Waals surface area contributed by atoms with Gasteiger partial charge in [0.05, 0.1) is 6.07 Å². The average Bonchev–Trinajstić information content (AvgIpc) is 2.85. The maximum atomic E-state index is 12.6. The Balaban J connectivity index is 1.44. The monoisotopic (exact) mass is 286 g/mol. The van der Waals surface area contributed by atoms with Crippen LogP contribution in [0.4, 0.5) is 0 Å². The Bertz CT molecular complexity index is 449. The zero-order chi connectivity index (χ0) is 14.5. The van der Waals surface area contributed by atoms with Crippen LogP contribution in [0.1, 0.15) is 70.6 Å². The van der Waals surface area contributed by atoms with Gasteiger partial charge < -0.3 is 5.32 Å². The van der Waals surface area contributed by atoms with E-state index in [4.69, 9.17) is 0 Å². The first-order valence-electron chi connectivity index (χ1n) is 8.83. The van der Waals surface area contributed by atoms with Gasteiger partial charge >= 0.3 is 0 Å². The number of hydrogen-bond acceptors (Lipinski definition) is 2. The van der Waals surface area contributed by atoms with Crippen LogP contribution in [-0.2, 0) is 4.79 Å². The molecule has 5 saturated carbocycles. The minimum Gasteiger partial charge on any atom is -0.338 e. The maximum Gasteiger partial charge on any atom is 0.221 e. The number of rotatable bonds is 3. The highest BCUT2D eigenvalue weighted by Crippen LogP contribution is 2.61. The molecule has 0 unspecified atom stereocenters. The summed E-state index contributed by atoms with van der Waals surface area (Å²) >= 11 is 0. The van der Waals surface area contributed by atoms with Crippen LogP contribution in [0.15, 0.2) is 0 Å². The van der Waals surface area contributed by atoms with E-state index in [1.165, 1.54) is 38.5 Å². The van der Waals surface area contributed by atoms with Crippen LogP contribution in [0.25, 0.3) is 0 Å². The third kappa shape index (κ3) is 2.37. The minimum atomic E-state index is -0.542. The van der Waals surface area contributed by atoms with Crippen molar-refractivity contribution in [3.63, 3.8) is 0 Å². The van der Waals surface area contributed by atoms with E-state index in [1.54, 1.807) is 0 Å². The lowest BCUT2D eigenvalue weighted by Gasteiger charge is -2.56. The quantitative estimate of drug-likeness (QED) is 0.862. The van der Waals surface area contributed by atoms with Crippen LogP contribution in [0.3, 0.4) is 0 Å². The molecule has 0 aromatic carbocycles. The molecule has 21 heavy (non-hydrogen) atoms. The molecule has 5 aliphatic carbocycles. The number of nitrogens with one attached hydrogen (secondary N) is 1. The standard InChI is InChI=1S/C18H26N2O/c19-12-18(3-1-2-4-18)20-16(21)11-17-8-13-5-14(9-17)7-15(6-13)10-17/h13-15H,1-11H2,(H,20,21). The molecule has 5 aliphatic rings. The highest BCUT2D eigenvalue weighted by molar-refractivity contribution is 5.78. The van der Waals surface area contributed by atoms with Gasteiger partial charge in [0.25, 0.3) is 0 Å². The van der Waals surface area contributed by atoms with Crippen molar-refractivity contribution in [2.45, 2.75) is 76.2 Å². The summed E-state index contributed by atoms with van der Waals surface area (Å²) in [7, 11) is 0. The highest BCUT2D eigenvalue weighted by Gasteiger charge is 2.51. The van der Waals surface area contributed by atoms with Gasteiger partial charge in [0.1, 0.15) is 5.54 Å². The van der Waals surface area contributed by atoms with Gasteiger partial charge in [0.15, 0.2) is 0 Å². The zero-order valence-electron chi connectivity index (χ0n) is 12.9. The van der Waals surface area contributed by atoms with Crippen molar-refractivity contribution in [2.24, 2.45) is 23.2 Å². The fourth-order valence-electron chi connectivity index (χ4n) is 6.40. The average molecular weight is 286 g/mol. The molecule has 5 rings (SSSR count). The topological polar surface area (TPSA) is 52.9 Å². The van der Waals surface area contributed by atoms with E-state index in [0.29, 0.717) is 6.42 Å².